The van der Waals surface area contributed by atoms with Gasteiger partial charge in [-0.15, -0.1) is 0 Å². The first-order valence-corrected chi connectivity index (χ1v) is 12.0. The highest BCUT2D eigenvalue weighted by atomic mass is 16.5. The first kappa shape index (κ1) is 21.3. The Morgan fingerprint density at radius 3 is 2.62 bits per heavy atom. The van der Waals surface area contributed by atoms with Gasteiger partial charge in [0.25, 0.3) is 0 Å². The predicted molar refractivity (Wildman–Crippen MR) is 112 cm³/mol. The lowest BCUT2D eigenvalue weighted by atomic mass is 9.44. The summed E-state index contributed by atoms with van der Waals surface area (Å²) in [5.41, 5.74) is 0.499. The number of methoxy groups -OCH3 is 1. The zero-order chi connectivity index (χ0) is 21.0. The third-order valence-electron chi connectivity index (χ3n) is 10.3. The predicted octanol–water partition coefficient (Wildman–Crippen LogP) is 4.77. The monoisotopic (exact) mass is 404 g/mol. The van der Waals surface area contributed by atoms with Crippen LogP contribution in [0.4, 0.5) is 0 Å². The van der Waals surface area contributed by atoms with Crippen molar-refractivity contribution in [1.29, 1.82) is 0 Å². The van der Waals surface area contributed by atoms with Crippen molar-refractivity contribution < 1.29 is 19.4 Å². The second-order valence-corrected chi connectivity index (χ2v) is 11.4. The number of aliphatic hydroxyl groups is 1. The number of hydrogen-bond acceptors (Lipinski definition) is 4. The van der Waals surface area contributed by atoms with E-state index in [0.717, 1.165) is 25.7 Å². The minimum Gasteiger partial charge on any atom is -0.469 e. The Morgan fingerprint density at radius 2 is 1.90 bits per heavy atom. The van der Waals surface area contributed by atoms with Crippen molar-refractivity contribution in [3.63, 3.8) is 0 Å². The average molecular weight is 405 g/mol. The van der Waals surface area contributed by atoms with E-state index in [9.17, 15) is 14.7 Å². The van der Waals surface area contributed by atoms with Crippen molar-refractivity contribution >= 4 is 11.8 Å². The third-order valence-corrected chi connectivity index (χ3v) is 10.3. The molecule has 0 heterocycles. The summed E-state index contributed by atoms with van der Waals surface area (Å²) < 4.78 is 4.85. The van der Waals surface area contributed by atoms with Gasteiger partial charge >= 0.3 is 5.97 Å². The number of aliphatic hydroxyl groups excluding tert-OH is 1. The molecule has 4 heteroatoms. The Kier molecular flexibility index (Phi) is 5.63. The van der Waals surface area contributed by atoms with E-state index in [-0.39, 0.29) is 22.9 Å². The van der Waals surface area contributed by atoms with Crippen LogP contribution in [-0.2, 0) is 14.3 Å². The second kappa shape index (κ2) is 7.66. The number of esters is 1. The molecule has 0 bridgehead atoms. The van der Waals surface area contributed by atoms with Crippen LogP contribution in [0.5, 0.6) is 0 Å². The van der Waals surface area contributed by atoms with Gasteiger partial charge in [0, 0.05) is 19.3 Å². The smallest absolute Gasteiger partial charge is 0.305 e. The van der Waals surface area contributed by atoms with E-state index in [2.05, 4.69) is 20.8 Å². The van der Waals surface area contributed by atoms with Gasteiger partial charge in [0.15, 0.2) is 0 Å². The highest BCUT2D eigenvalue weighted by molar-refractivity contribution is 5.79. The SMILES string of the molecule is COC(=O)CC[C@@H](C)[C@H]1CC[C@H]2[C@@H]3[C@H](O)C[C@H]4CC(=O)CC[C@]4(C)[C@H]3CC[C@]12C. The molecule has 29 heavy (non-hydrogen) atoms. The van der Waals surface area contributed by atoms with Gasteiger partial charge in [0.2, 0.25) is 0 Å². The second-order valence-electron chi connectivity index (χ2n) is 11.4. The highest BCUT2D eigenvalue weighted by Gasteiger charge is 2.62. The van der Waals surface area contributed by atoms with E-state index in [4.69, 9.17) is 4.74 Å². The Morgan fingerprint density at radius 1 is 1.17 bits per heavy atom. The molecule has 4 rings (SSSR count). The van der Waals surface area contributed by atoms with E-state index >= 15 is 0 Å². The maximum Gasteiger partial charge on any atom is 0.305 e. The van der Waals surface area contributed by atoms with E-state index < -0.39 is 0 Å². The van der Waals surface area contributed by atoms with Crippen molar-refractivity contribution in [2.75, 3.05) is 7.11 Å². The largest absolute Gasteiger partial charge is 0.469 e. The average Bonchev–Trinajstić information content (AvgIpc) is 3.04. The van der Waals surface area contributed by atoms with Gasteiger partial charge in [-0.3, -0.25) is 9.59 Å². The molecule has 4 aliphatic rings. The lowest BCUT2D eigenvalue weighted by Gasteiger charge is -2.62. The molecule has 0 saturated heterocycles. The number of carbonyl (C=O) groups is 2. The fraction of sp³-hybridized carbons (Fsp3) is 0.920. The zero-order valence-electron chi connectivity index (χ0n) is 18.8. The van der Waals surface area contributed by atoms with Crippen LogP contribution >= 0.6 is 0 Å². The quantitative estimate of drug-likeness (QED) is 0.685. The molecule has 0 spiro atoms. The molecule has 9 atom stereocenters. The summed E-state index contributed by atoms with van der Waals surface area (Å²) in [6, 6.07) is 0. The molecular formula is C25H40O4. The van der Waals surface area contributed by atoms with Gasteiger partial charge in [-0.05, 0) is 91.3 Å². The number of ketones is 1. The van der Waals surface area contributed by atoms with Crippen LogP contribution in [0.15, 0.2) is 0 Å². The van der Waals surface area contributed by atoms with E-state index in [1.165, 1.54) is 32.8 Å². The Hall–Kier alpha value is -0.900. The van der Waals surface area contributed by atoms with Gasteiger partial charge in [-0.2, -0.15) is 0 Å². The minimum atomic E-state index is -0.252. The molecule has 0 unspecified atom stereocenters. The molecule has 1 N–H and O–H groups in total. The topological polar surface area (TPSA) is 63.6 Å². The Bertz CT molecular complexity index is 659. The normalized spacial score (nSPS) is 47.7. The van der Waals surface area contributed by atoms with Gasteiger partial charge in [-0.25, -0.2) is 0 Å². The van der Waals surface area contributed by atoms with E-state index in [0.29, 0.717) is 54.1 Å². The molecule has 0 aromatic heterocycles. The number of fused-ring (bicyclic) bond motifs is 5. The fourth-order valence-electron chi connectivity index (χ4n) is 8.64. The molecule has 4 nitrogen and oxygen atoms in total. The maximum absolute atomic E-state index is 12.1. The zero-order valence-corrected chi connectivity index (χ0v) is 18.8. The van der Waals surface area contributed by atoms with Crippen LogP contribution in [-0.4, -0.2) is 30.1 Å². The summed E-state index contributed by atoms with van der Waals surface area (Å²) in [4.78, 5) is 23.7. The fourth-order valence-corrected chi connectivity index (χ4v) is 8.64. The molecule has 164 valence electrons. The number of carbonyl (C=O) groups excluding carboxylic acids is 2. The summed E-state index contributed by atoms with van der Waals surface area (Å²) in [6.45, 7) is 7.22. The van der Waals surface area contributed by atoms with Gasteiger partial charge in [0.05, 0.1) is 13.2 Å². The number of hydrogen-bond donors (Lipinski definition) is 1. The maximum atomic E-state index is 12.1. The van der Waals surface area contributed by atoms with Crippen molar-refractivity contribution in [3.8, 4) is 0 Å². The lowest BCUT2D eigenvalue weighted by molar-refractivity contribution is -0.169. The standard InChI is InChI=1S/C25H40O4/c1-15(5-8-22(28)29-4)18-6-7-19-23-20(10-12-25(18,19)3)24(2)11-9-17(26)13-16(24)14-21(23)27/h15-16,18-21,23,27H,5-14H2,1-4H3/t15-,16-,18-,19+,20+,21-,23+,24+,25-/m1/s1. The summed E-state index contributed by atoms with van der Waals surface area (Å²) >= 11 is 0. The van der Waals surface area contributed by atoms with Crippen LogP contribution in [0.25, 0.3) is 0 Å². The Balaban J connectivity index is 1.53. The summed E-state index contributed by atoms with van der Waals surface area (Å²) in [6.07, 6.45) is 9.27. The minimum absolute atomic E-state index is 0.103. The van der Waals surface area contributed by atoms with Gasteiger partial charge in [-0.1, -0.05) is 20.8 Å². The molecule has 0 amide bonds. The van der Waals surface area contributed by atoms with Crippen LogP contribution in [0.3, 0.4) is 0 Å². The number of rotatable bonds is 4. The van der Waals surface area contributed by atoms with Crippen molar-refractivity contribution in [2.45, 2.75) is 91.1 Å². The molecule has 0 radical (unpaired) electrons. The summed E-state index contributed by atoms with van der Waals surface area (Å²) in [7, 11) is 1.47. The Labute approximate surface area is 176 Å². The van der Waals surface area contributed by atoms with Gasteiger partial charge in [0.1, 0.15) is 5.78 Å². The molecule has 0 aromatic carbocycles. The molecule has 4 fully saturated rings. The van der Waals surface area contributed by atoms with E-state index in [1.54, 1.807) is 0 Å². The summed E-state index contributed by atoms with van der Waals surface area (Å²) in [5.74, 6) is 3.35. The first-order chi connectivity index (χ1) is 13.7. The molecule has 0 aromatic rings. The van der Waals surface area contributed by atoms with Crippen molar-refractivity contribution in [1.82, 2.24) is 0 Å². The number of Topliss-reactive ketones (excluding diaryl/α,β-unsaturated/α-hetero) is 1. The number of ether oxygens (including phenoxy) is 1. The van der Waals surface area contributed by atoms with Crippen LogP contribution in [0.1, 0.15) is 85.0 Å². The molecule has 0 aliphatic heterocycles. The lowest BCUT2D eigenvalue weighted by Crippen LogP contribution is -2.58. The van der Waals surface area contributed by atoms with Crippen LogP contribution in [0.2, 0.25) is 0 Å². The first-order valence-electron chi connectivity index (χ1n) is 12.0. The molecule has 4 aliphatic carbocycles. The molecular weight excluding hydrogens is 364 g/mol. The third kappa shape index (κ3) is 3.38. The van der Waals surface area contributed by atoms with E-state index in [1.807, 2.05) is 0 Å². The summed E-state index contributed by atoms with van der Waals surface area (Å²) in [5, 5.41) is 11.3. The highest BCUT2D eigenvalue weighted by Crippen LogP contribution is 2.68. The van der Waals surface area contributed by atoms with Gasteiger partial charge < -0.3 is 9.84 Å². The van der Waals surface area contributed by atoms with Crippen LogP contribution < -0.4 is 0 Å². The van der Waals surface area contributed by atoms with Crippen molar-refractivity contribution in [2.24, 2.45) is 46.3 Å². The van der Waals surface area contributed by atoms with Crippen molar-refractivity contribution in [3.05, 3.63) is 0 Å². The molecule has 4 saturated carbocycles. The van der Waals surface area contributed by atoms with Crippen LogP contribution in [0, 0.1) is 46.3 Å².